The van der Waals surface area contributed by atoms with Gasteiger partial charge >= 0.3 is 25.8 Å². The van der Waals surface area contributed by atoms with Crippen LogP contribution in [0.25, 0.3) is 11.1 Å². The maximum atomic E-state index is 4.09. The maximum Gasteiger partial charge on any atom is 3.00 e. The van der Waals surface area contributed by atoms with Crippen molar-refractivity contribution < 1.29 is 30.1 Å². The van der Waals surface area contributed by atoms with Crippen LogP contribution < -0.4 is 10.2 Å². The Labute approximate surface area is 209 Å². The monoisotopic (exact) mass is 455 g/mol. The Bertz CT molecular complexity index is 801. The van der Waals surface area contributed by atoms with Gasteiger partial charge in [0.15, 0.2) is 8.24 Å². The second kappa shape index (κ2) is 12.5. The van der Waals surface area contributed by atoms with Gasteiger partial charge in [-0.15, -0.1) is 0 Å². The van der Waals surface area contributed by atoms with Gasteiger partial charge in [0.2, 0.25) is 0 Å². The Morgan fingerprint density at radius 2 is 1.50 bits per heavy atom. The minimum absolute atomic E-state index is 0. The van der Waals surface area contributed by atoms with Crippen LogP contribution in [0.15, 0.2) is 42.5 Å². The van der Waals surface area contributed by atoms with Crippen molar-refractivity contribution in [3.63, 3.8) is 0 Å². The third-order valence-corrected chi connectivity index (χ3v) is 9.65. The number of nitrogens with one attached hydrogen (secondary N) is 1. The molecule has 0 radical (unpaired) electrons. The molecule has 1 unspecified atom stereocenters. The molecule has 1 atom stereocenters. The molecule has 1 nitrogen and oxygen atoms in total. The Morgan fingerprint density at radius 3 is 2.23 bits per heavy atom. The van der Waals surface area contributed by atoms with Crippen LogP contribution in [0.5, 0.6) is 0 Å². The van der Waals surface area contributed by atoms with E-state index in [-0.39, 0.29) is 30.1 Å². The molecule has 3 heteroatoms. The summed E-state index contributed by atoms with van der Waals surface area (Å²) in [7, 11) is -1.68. The molecule has 1 aliphatic carbocycles. The molecule has 0 saturated heterocycles. The van der Waals surface area contributed by atoms with E-state index in [9.17, 15) is 0 Å². The summed E-state index contributed by atoms with van der Waals surface area (Å²) in [5.74, 6) is 0. The zero-order chi connectivity index (χ0) is 20.7. The summed E-state index contributed by atoms with van der Waals surface area (Å²) in [6, 6.07) is 16.5. The summed E-state index contributed by atoms with van der Waals surface area (Å²) in [5, 5.41) is 1.61. The van der Waals surface area contributed by atoms with Gasteiger partial charge in [-0.2, -0.15) is 0 Å². The fourth-order valence-corrected chi connectivity index (χ4v) is 8.12. The fourth-order valence-electron chi connectivity index (χ4n) is 5.09. The molecule has 2 aromatic rings. The van der Waals surface area contributed by atoms with Crippen LogP contribution in [0.2, 0.25) is 13.1 Å². The van der Waals surface area contributed by atoms with E-state index in [1.807, 2.05) is 0 Å². The van der Waals surface area contributed by atoms with E-state index >= 15 is 0 Å². The zero-order valence-electron chi connectivity index (χ0n) is 22.8. The molecule has 1 N–H and O–H groups in total. The van der Waals surface area contributed by atoms with E-state index in [2.05, 4.69) is 74.4 Å². The molecule has 0 spiro atoms. The Balaban J connectivity index is 0. The van der Waals surface area contributed by atoms with Gasteiger partial charge in [-0.3, -0.25) is 0 Å². The average molecular weight is 456 g/mol. The second-order valence-corrected chi connectivity index (χ2v) is 13.7. The van der Waals surface area contributed by atoms with E-state index < -0.39 is 8.24 Å². The van der Waals surface area contributed by atoms with Gasteiger partial charge in [0.05, 0.1) is 0 Å². The van der Waals surface area contributed by atoms with Crippen molar-refractivity contribution >= 4 is 13.4 Å². The molecule has 3 rings (SSSR count). The normalized spacial score (nSPS) is 13.5. The third-order valence-electron chi connectivity index (χ3n) is 6.62. The van der Waals surface area contributed by atoms with Crippen molar-refractivity contribution in [2.45, 2.75) is 97.2 Å². The van der Waals surface area contributed by atoms with Crippen LogP contribution in [-0.2, 0) is 32.3 Å². The van der Waals surface area contributed by atoms with Crippen molar-refractivity contribution in [1.29, 1.82) is 0 Å². The maximum absolute atomic E-state index is 4.09. The standard InChI is InChI=1S/C27H41NSi.Sc.3H/c1-5-6-7-8-9-10-11-12-16-22(2)28-29(3,4)27-20-15-19-25-24-18-14-13-17-23(24)21-26(25)27;;;;/h13-15,17-20,22,28H,5-12,16,21H2,1-4H3;;;;/q;+3;3*-1. The number of rotatable bonds is 12. The average Bonchev–Trinajstić information content (AvgIpc) is 3.08. The SMILES string of the molecule is CCCCCCCCCCC(C)N[Si](C)(C)c1cccc2c1Cc1ccccc1-2.[H-].[H-].[H-].[Sc+3]. The van der Waals surface area contributed by atoms with E-state index in [0.717, 1.165) is 6.42 Å². The van der Waals surface area contributed by atoms with Crippen LogP contribution in [0.3, 0.4) is 0 Å². The molecule has 2 aromatic carbocycles. The Hall–Kier alpha value is -0.513. The molecular formula is C27H44NScSi. The number of fused-ring (bicyclic) bond motifs is 3. The number of unbranched alkanes of at least 4 members (excludes halogenated alkanes) is 7. The van der Waals surface area contributed by atoms with Crippen LogP contribution in [0.4, 0.5) is 0 Å². The topological polar surface area (TPSA) is 12.0 Å². The Morgan fingerprint density at radius 1 is 0.867 bits per heavy atom. The van der Waals surface area contributed by atoms with Crippen LogP contribution in [-0.4, -0.2) is 14.3 Å². The summed E-state index contributed by atoms with van der Waals surface area (Å²) < 4.78 is 0. The minimum Gasteiger partial charge on any atom is -1.00 e. The summed E-state index contributed by atoms with van der Waals surface area (Å²) in [5.41, 5.74) is 5.99. The zero-order valence-corrected chi connectivity index (χ0v) is 22.6. The van der Waals surface area contributed by atoms with Crippen molar-refractivity contribution in [3.05, 3.63) is 53.6 Å². The fraction of sp³-hybridized carbons (Fsp3) is 0.556. The molecule has 0 fully saturated rings. The summed E-state index contributed by atoms with van der Waals surface area (Å²) in [4.78, 5) is 4.09. The van der Waals surface area contributed by atoms with E-state index in [1.165, 1.54) is 74.5 Å². The van der Waals surface area contributed by atoms with Gasteiger partial charge in [0.25, 0.3) is 0 Å². The number of benzene rings is 2. The first-order chi connectivity index (χ1) is 14.0. The molecule has 1 aliphatic rings. The Kier molecular flexibility index (Phi) is 10.7. The quantitative estimate of drug-likeness (QED) is 0.220. The minimum atomic E-state index is -1.68. The molecule has 0 amide bonds. The van der Waals surface area contributed by atoms with Crippen molar-refractivity contribution in [1.82, 2.24) is 4.98 Å². The largest absolute Gasteiger partial charge is 3.00 e. The second-order valence-electron chi connectivity index (χ2n) is 9.60. The molecule has 30 heavy (non-hydrogen) atoms. The molecule has 0 heterocycles. The van der Waals surface area contributed by atoms with Crippen LogP contribution >= 0.6 is 0 Å². The van der Waals surface area contributed by atoms with Crippen molar-refractivity contribution in [3.8, 4) is 11.1 Å². The summed E-state index contributed by atoms with van der Waals surface area (Å²) >= 11 is 0. The van der Waals surface area contributed by atoms with Gasteiger partial charge in [-0.1, -0.05) is 121 Å². The van der Waals surface area contributed by atoms with Gasteiger partial charge in [-0.25, -0.2) is 0 Å². The van der Waals surface area contributed by atoms with Gasteiger partial charge < -0.3 is 9.26 Å². The van der Waals surface area contributed by atoms with Crippen molar-refractivity contribution in [2.24, 2.45) is 0 Å². The van der Waals surface area contributed by atoms with Crippen molar-refractivity contribution in [2.75, 3.05) is 0 Å². The summed E-state index contributed by atoms with van der Waals surface area (Å²) in [6.07, 6.45) is 13.6. The van der Waals surface area contributed by atoms with Gasteiger partial charge in [0, 0.05) is 0 Å². The molecule has 0 saturated carbocycles. The van der Waals surface area contributed by atoms with Crippen LogP contribution in [0, 0.1) is 0 Å². The first-order valence-electron chi connectivity index (χ1n) is 12.0. The molecule has 164 valence electrons. The third kappa shape index (κ3) is 6.74. The van der Waals surface area contributed by atoms with E-state index in [0.29, 0.717) is 6.04 Å². The van der Waals surface area contributed by atoms with Gasteiger partial charge in [-0.05, 0) is 46.3 Å². The van der Waals surface area contributed by atoms with E-state index in [1.54, 1.807) is 10.8 Å². The molecular weight excluding hydrogens is 411 g/mol. The molecule has 0 bridgehead atoms. The first kappa shape index (κ1) is 25.7. The van der Waals surface area contributed by atoms with Gasteiger partial charge in [0.1, 0.15) is 0 Å². The van der Waals surface area contributed by atoms with E-state index in [4.69, 9.17) is 0 Å². The number of hydrogen-bond acceptors (Lipinski definition) is 1. The predicted octanol–water partition coefficient (Wildman–Crippen LogP) is 7.51. The number of hydrogen-bond donors (Lipinski definition) is 1. The molecule has 0 aliphatic heterocycles. The first-order valence-corrected chi connectivity index (χ1v) is 15.0. The smallest absolute Gasteiger partial charge is 1.00 e. The molecule has 0 aromatic heterocycles. The predicted molar refractivity (Wildman–Crippen MR) is 135 cm³/mol. The summed E-state index contributed by atoms with van der Waals surface area (Å²) in [6.45, 7) is 9.68. The van der Waals surface area contributed by atoms with Crippen LogP contribution in [0.1, 0.15) is 87.0 Å².